The number of rotatable bonds is 3. The minimum absolute atomic E-state index is 0.280. The summed E-state index contributed by atoms with van der Waals surface area (Å²) in [4.78, 5) is 28.9. The van der Waals surface area contributed by atoms with Crippen LogP contribution < -0.4 is 0 Å². The number of carbonyl (C=O) groups is 1. The van der Waals surface area contributed by atoms with E-state index in [9.17, 15) is 4.79 Å². The minimum atomic E-state index is -0.488. The quantitative estimate of drug-likeness (QED) is 0.335. The van der Waals surface area contributed by atoms with Gasteiger partial charge in [0.05, 0.1) is 11.7 Å². The predicted octanol–water partition coefficient (Wildman–Crippen LogP) is 7.24. The maximum atomic E-state index is 12.2. The lowest BCUT2D eigenvalue weighted by Crippen LogP contribution is -2.39. The largest absolute Gasteiger partial charge is 0.444 e. The Morgan fingerprint density at radius 3 is 2.14 bits per heavy atom. The smallest absolute Gasteiger partial charge is 0.410 e. The predicted molar refractivity (Wildman–Crippen MR) is 151 cm³/mol. The van der Waals surface area contributed by atoms with Gasteiger partial charge in [-0.15, -0.1) is 0 Å². The normalized spacial score (nSPS) is 12.5. The first-order chi connectivity index (χ1) is 16.7. The van der Waals surface area contributed by atoms with Crippen molar-refractivity contribution in [1.29, 1.82) is 0 Å². The Morgan fingerprint density at radius 2 is 1.66 bits per heavy atom. The van der Waals surface area contributed by atoms with Gasteiger partial charge in [0.15, 0.2) is 5.82 Å². The molecule has 0 unspecified atom stereocenters. The van der Waals surface area contributed by atoms with E-state index in [1.165, 1.54) is 6.33 Å². The van der Waals surface area contributed by atoms with E-state index in [2.05, 4.69) is 15.0 Å². The van der Waals surface area contributed by atoms with Gasteiger partial charge in [0.2, 0.25) is 0 Å². The van der Waals surface area contributed by atoms with Crippen LogP contribution in [-0.2, 0) is 4.74 Å². The van der Waals surface area contributed by atoms with Gasteiger partial charge in [0, 0.05) is 45.5 Å². The van der Waals surface area contributed by atoms with Gasteiger partial charge in [0.25, 0.3) is 0 Å². The van der Waals surface area contributed by atoms with Gasteiger partial charge in [0.1, 0.15) is 17.6 Å². The van der Waals surface area contributed by atoms with Crippen molar-refractivity contribution in [2.45, 2.75) is 88.2 Å². The number of carbonyl (C=O) groups excluding carboxylic acids is 1. The van der Waals surface area contributed by atoms with E-state index in [0.29, 0.717) is 18.9 Å². The van der Waals surface area contributed by atoms with Crippen LogP contribution in [-0.4, -0.2) is 69.6 Å². The minimum Gasteiger partial charge on any atom is -0.444 e. The lowest BCUT2D eigenvalue weighted by molar-refractivity contribution is 0.0269. The molecule has 0 aliphatic carbocycles. The average molecular weight is 491 g/mol. The van der Waals surface area contributed by atoms with Crippen molar-refractivity contribution < 1.29 is 9.53 Å². The Hall–Kier alpha value is -2.90. The summed E-state index contributed by atoms with van der Waals surface area (Å²) in [5.41, 5.74) is 1.43. The molecule has 0 saturated heterocycles. The summed E-state index contributed by atoms with van der Waals surface area (Å²) in [5, 5.41) is 0.895. The number of fused-ring (bicyclic) bond motifs is 1. The average Bonchev–Trinajstić information content (AvgIpc) is 3.31. The molecule has 1 aliphatic heterocycles. The Bertz CT molecular complexity index is 895. The molecule has 200 valence electrons. The van der Waals surface area contributed by atoms with E-state index >= 15 is 0 Å². The Balaban J connectivity index is 0. The Labute approximate surface area is 214 Å². The third kappa shape index (κ3) is 11.4. The highest BCUT2D eigenvalue weighted by Gasteiger charge is 2.24. The van der Waals surface area contributed by atoms with Crippen LogP contribution in [0, 0.1) is 0 Å². The maximum Gasteiger partial charge on any atom is 0.410 e. The van der Waals surface area contributed by atoms with Crippen molar-refractivity contribution in [3.8, 4) is 0 Å². The fourth-order valence-electron chi connectivity index (χ4n) is 2.81. The summed E-state index contributed by atoms with van der Waals surface area (Å²) in [6.45, 7) is 22.7. The van der Waals surface area contributed by atoms with Crippen molar-refractivity contribution in [2.75, 3.05) is 27.2 Å². The first kappa shape index (κ1) is 34.3. The zero-order valence-corrected chi connectivity index (χ0v) is 24.5. The molecule has 0 radical (unpaired) electrons. The van der Waals surface area contributed by atoms with Gasteiger partial charge in [-0.05, 0) is 32.9 Å². The van der Waals surface area contributed by atoms with Crippen LogP contribution in [0.4, 0.5) is 10.6 Å². The number of hydrogen-bond donors (Lipinski definition) is 0. The Kier molecular flexibility index (Phi) is 18.0. The van der Waals surface area contributed by atoms with E-state index in [0.717, 1.165) is 23.2 Å². The van der Waals surface area contributed by atoms with Crippen molar-refractivity contribution in [2.24, 2.45) is 4.99 Å². The third-order valence-electron chi connectivity index (χ3n) is 4.02. The molecule has 0 saturated carbocycles. The second-order valence-electron chi connectivity index (χ2n) is 7.70. The van der Waals surface area contributed by atoms with Crippen LogP contribution in [0.1, 0.15) is 82.6 Å². The summed E-state index contributed by atoms with van der Waals surface area (Å²) in [5.74, 6) is 0.638. The zero-order valence-electron chi connectivity index (χ0n) is 24.5. The van der Waals surface area contributed by atoms with Crippen molar-refractivity contribution in [1.82, 2.24) is 24.3 Å². The fraction of sp³-hybridized carbons (Fsp3) is 0.630. The maximum absolute atomic E-state index is 12.2. The molecule has 0 spiro atoms. The zero-order chi connectivity index (χ0) is 27.6. The number of nitrogens with zero attached hydrogens (tertiary/aromatic N) is 6. The first-order valence-corrected chi connectivity index (χ1v) is 12.9. The third-order valence-corrected chi connectivity index (χ3v) is 4.02. The summed E-state index contributed by atoms with van der Waals surface area (Å²) in [6.07, 6.45) is 7.71. The molecule has 0 bridgehead atoms. The second kappa shape index (κ2) is 18.4. The molecule has 0 N–H and O–H groups in total. The van der Waals surface area contributed by atoms with Crippen LogP contribution in [0.15, 0.2) is 29.7 Å². The molecule has 8 nitrogen and oxygen atoms in total. The molecule has 2 aromatic rings. The molecule has 0 aromatic carbocycles. The van der Waals surface area contributed by atoms with Gasteiger partial charge in [-0.1, -0.05) is 55.4 Å². The molecule has 3 rings (SSSR count). The van der Waals surface area contributed by atoms with Crippen molar-refractivity contribution >= 4 is 35.0 Å². The highest BCUT2D eigenvalue weighted by atomic mass is 16.6. The summed E-state index contributed by atoms with van der Waals surface area (Å²) >= 11 is 0. The molecular formula is C27H50N6O2. The number of aromatic nitrogens is 3. The first-order valence-electron chi connectivity index (χ1n) is 12.9. The SMILES string of the molecule is CC.CC.CC.CC.CN(C)/C=N/c1ncnc2c1ccn2C1=CCN(C(=O)OC(C)(C)C)CC1. The van der Waals surface area contributed by atoms with Crippen LogP contribution >= 0.6 is 0 Å². The van der Waals surface area contributed by atoms with Crippen LogP contribution in [0.3, 0.4) is 0 Å². The summed E-state index contributed by atoms with van der Waals surface area (Å²) in [7, 11) is 3.83. The molecule has 0 atom stereocenters. The lowest BCUT2D eigenvalue weighted by Gasteiger charge is -2.29. The van der Waals surface area contributed by atoms with Gasteiger partial charge >= 0.3 is 6.09 Å². The number of aliphatic imine (C=N–C) groups is 1. The Morgan fingerprint density at radius 1 is 1.06 bits per heavy atom. The molecule has 1 amide bonds. The highest BCUT2D eigenvalue weighted by Crippen LogP contribution is 2.27. The second-order valence-corrected chi connectivity index (χ2v) is 7.70. The molecule has 1 aliphatic rings. The molecule has 2 aromatic heterocycles. The van der Waals surface area contributed by atoms with Gasteiger partial charge in [-0.3, -0.25) is 0 Å². The van der Waals surface area contributed by atoms with E-state index in [4.69, 9.17) is 4.74 Å². The van der Waals surface area contributed by atoms with E-state index in [1.807, 2.05) is 118 Å². The topological polar surface area (TPSA) is 75.9 Å². The van der Waals surface area contributed by atoms with E-state index < -0.39 is 5.60 Å². The molecular weight excluding hydrogens is 440 g/mol. The van der Waals surface area contributed by atoms with Crippen molar-refractivity contribution in [3.63, 3.8) is 0 Å². The van der Waals surface area contributed by atoms with Crippen molar-refractivity contribution in [3.05, 3.63) is 24.7 Å². The fourth-order valence-corrected chi connectivity index (χ4v) is 2.81. The molecule has 8 heteroatoms. The number of amides is 1. The molecule has 0 fully saturated rings. The lowest BCUT2D eigenvalue weighted by atomic mass is 10.2. The highest BCUT2D eigenvalue weighted by molar-refractivity contribution is 5.89. The number of ether oxygens (including phenoxy) is 1. The molecule has 3 heterocycles. The van der Waals surface area contributed by atoms with Gasteiger partial charge in [-0.25, -0.2) is 19.8 Å². The van der Waals surface area contributed by atoms with Crippen LogP contribution in [0.5, 0.6) is 0 Å². The summed E-state index contributed by atoms with van der Waals surface area (Å²) < 4.78 is 7.49. The summed E-state index contributed by atoms with van der Waals surface area (Å²) in [6, 6.07) is 1.97. The van der Waals surface area contributed by atoms with Crippen LogP contribution in [0.2, 0.25) is 0 Å². The molecule has 35 heavy (non-hydrogen) atoms. The van der Waals surface area contributed by atoms with Gasteiger partial charge < -0.3 is 19.1 Å². The van der Waals surface area contributed by atoms with Crippen LogP contribution in [0.25, 0.3) is 16.7 Å². The monoisotopic (exact) mass is 490 g/mol. The standard InChI is InChI=1S/C19H26N6O2.4C2H6/c1-19(2,3)27-18(26)24-9-6-14(7-10-24)25-11-8-15-16(22-13-23(4)5)20-12-21-17(15)25;4*1-2/h6,8,11-13H,7,9-10H2,1-5H3;4*1-2H3/b22-13+;;;;. The van der Waals surface area contributed by atoms with E-state index in [1.54, 1.807) is 11.2 Å². The van der Waals surface area contributed by atoms with E-state index in [-0.39, 0.29) is 6.09 Å². The van der Waals surface area contributed by atoms with Gasteiger partial charge in [-0.2, -0.15) is 0 Å². The number of hydrogen-bond acceptors (Lipinski definition) is 5.